The molecule has 0 saturated heterocycles. The fourth-order valence-corrected chi connectivity index (χ4v) is 2.21. The van der Waals surface area contributed by atoms with Gasteiger partial charge < -0.3 is 5.32 Å². The van der Waals surface area contributed by atoms with Crippen LogP contribution in [0.15, 0.2) is 24.3 Å². The first-order valence-corrected chi connectivity index (χ1v) is 6.71. The van der Waals surface area contributed by atoms with E-state index >= 15 is 0 Å². The molecule has 0 atom stereocenters. The number of nitrogens with one attached hydrogen (secondary N) is 1. The number of nitrogens with zero attached hydrogens (tertiary/aromatic N) is 2. The first-order valence-electron chi connectivity index (χ1n) is 5.25. The van der Waals surface area contributed by atoms with Crippen LogP contribution in [-0.2, 0) is 13.6 Å². The molecule has 90 valence electrons. The van der Waals surface area contributed by atoms with Crippen molar-refractivity contribution in [1.29, 1.82) is 0 Å². The first kappa shape index (κ1) is 12.7. The summed E-state index contributed by atoms with van der Waals surface area (Å²) in [5.74, 6) is 0. The number of hydrogen-bond acceptors (Lipinski definition) is 2. The molecule has 0 aliphatic rings. The van der Waals surface area contributed by atoms with Crippen LogP contribution in [0.25, 0.3) is 0 Å². The number of hydrogen-bond donors (Lipinski definition) is 1. The Morgan fingerprint density at radius 1 is 1.35 bits per heavy atom. The summed E-state index contributed by atoms with van der Waals surface area (Å²) in [7, 11) is 1.91. The summed E-state index contributed by atoms with van der Waals surface area (Å²) < 4.78 is 3.04. The molecule has 1 aromatic carbocycles. The van der Waals surface area contributed by atoms with Crippen molar-refractivity contribution in [3.8, 4) is 0 Å². The molecule has 1 aromatic heterocycles. The highest BCUT2D eigenvalue weighted by Gasteiger charge is 2.10. The molecular weight excluding hydrogens is 349 g/mol. The lowest BCUT2D eigenvalue weighted by molar-refractivity contribution is 0.713. The van der Waals surface area contributed by atoms with Crippen LogP contribution in [0.1, 0.15) is 11.4 Å². The van der Waals surface area contributed by atoms with Crippen LogP contribution in [-0.4, -0.2) is 9.78 Å². The summed E-state index contributed by atoms with van der Waals surface area (Å²) in [5.41, 5.74) is 2.96. The fourth-order valence-electron chi connectivity index (χ4n) is 1.63. The lowest BCUT2D eigenvalue weighted by atomic mass is 10.3. The van der Waals surface area contributed by atoms with Gasteiger partial charge in [0, 0.05) is 16.3 Å². The SMILES string of the molecule is Cc1nn(C)c(CNc2ccc(I)cc2)c1Cl. The average Bonchev–Trinajstić information content (AvgIpc) is 2.54. The minimum absolute atomic E-state index is 0.677. The van der Waals surface area contributed by atoms with E-state index < -0.39 is 0 Å². The molecule has 1 heterocycles. The van der Waals surface area contributed by atoms with E-state index in [2.05, 4.69) is 57.3 Å². The van der Waals surface area contributed by atoms with E-state index in [-0.39, 0.29) is 0 Å². The van der Waals surface area contributed by atoms with Gasteiger partial charge >= 0.3 is 0 Å². The van der Waals surface area contributed by atoms with Crippen LogP contribution in [0.5, 0.6) is 0 Å². The molecule has 0 fully saturated rings. The van der Waals surface area contributed by atoms with Gasteiger partial charge in [0.25, 0.3) is 0 Å². The number of aromatic nitrogens is 2. The van der Waals surface area contributed by atoms with Gasteiger partial charge in [-0.1, -0.05) is 11.6 Å². The average molecular weight is 362 g/mol. The minimum atomic E-state index is 0.677. The van der Waals surface area contributed by atoms with Crippen LogP contribution in [0, 0.1) is 10.5 Å². The van der Waals surface area contributed by atoms with E-state index in [0.717, 1.165) is 22.1 Å². The van der Waals surface area contributed by atoms with E-state index in [4.69, 9.17) is 11.6 Å². The van der Waals surface area contributed by atoms with Gasteiger partial charge in [-0.2, -0.15) is 5.10 Å². The Hall–Kier alpha value is -0.750. The van der Waals surface area contributed by atoms with Crippen molar-refractivity contribution in [2.45, 2.75) is 13.5 Å². The van der Waals surface area contributed by atoms with Crippen LogP contribution in [0.3, 0.4) is 0 Å². The Bertz CT molecular complexity index is 519. The smallest absolute Gasteiger partial charge is 0.0865 e. The van der Waals surface area contributed by atoms with Crippen molar-refractivity contribution in [3.63, 3.8) is 0 Å². The molecule has 0 amide bonds. The monoisotopic (exact) mass is 361 g/mol. The van der Waals surface area contributed by atoms with Gasteiger partial charge in [0.2, 0.25) is 0 Å². The summed E-state index contributed by atoms with van der Waals surface area (Å²) in [5, 5.41) is 8.36. The normalized spacial score (nSPS) is 10.6. The summed E-state index contributed by atoms with van der Waals surface area (Å²) in [6.07, 6.45) is 0. The highest BCUT2D eigenvalue weighted by molar-refractivity contribution is 14.1. The zero-order chi connectivity index (χ0) is 12.4. The van der Waals surface area contributed by atoms with Crippen molar-refractivity contribution in [2.24, 2.45) is 7.05 Å². The second-order valence-electron chi connectivity index (χ2n) is 3.83. The molecule has 0 aliphatic carbocycles. The molecule has 0 saturated carbocycles. The number of rotatable bonds is 3. The Kier molecular flexibility index (Phi) is 3.93. The lowest BCUT2D eigenvalue weighted by Gasteiger charge is -2.07. The maximum Gasteiger partial charge on any atom is 0.0865 e. The Morgan fingerprint density at radius 3 is 2.53 bits per heavy atom. The van der Waals surface area contributed by atoms with E-state index in [9.17, 15) is 0 Å². The maximum atomic E-state index is 6.18. The molecule has 5 heteroatoms. The molecule has 2 rings (SSSR count). The standard InChI is InChI=1S/C12H13ClIN3/c1-8-12(13)11(17(2)16-8)7-15-10-5-3-9(14)4-6-10/h3-6,15H,7H2,1-2H3. The van der Waals surface area contributed by atoms with Gasteiger partial charge in [-0.3, -0.25) is 4.68 Å². The second kappa shape index (κ2) is 5.27. The molecular formula is C12H13ClIN3. The largest absolute Gasteiger partial charge is 0.379 e. The van der Waals surface area contributed by atoms with E-state index in [0.29, 0.717) is 6.54 Å². The van der Waals surface area contributed by atoms with Crippen molar-refractivity contribution in [1.82, 2.24) is 9.78 Å². The highest BCUT2D eigenvalue weighted by atomic mass is 127. The molecule has 0 radical (unpaired) electrons. The molecule has 3 nitrogen and oxygen atoms in total. The summed E-state index contributed by atoms with van der Waals surface area (Å²) in [4.78, 5) is 0. The molecule has 17 heavy (non-hydrogen) atoms. The van der Waals surface area contributed by atoms with Gasteiger partial charge in [0.1, 0.15) is 0 Å². The van der Waals surface area contributed by atoms with E-state index in [1.54, 1.807) is 0 Å². The summed E-state index contributed by atoms with van der Waals surface area (Å²) >= 11 is 8.47. The van der Waals surface area contributed by atoms with E-state index in [1.165, 1.54) is 3.57 Å². The third-order valence-corrected chi connectivity index (χ3v) is 3.78. The third-order valence-electron chi connectivity index (χ3n) is 2.57. The lowest BCUT2D eigenvalue weighted by Crippen LogP contribution is -2.05. The molecule has 0 aliphatic heterocycles. The topological polar surface area (TPSA) is 29.9 Å². The number of anilines is 1. The Labute approximate surface area is 119 Å². The van der Waals surface area contributed by atoms with Gasteiger partial charge in [0.15, 0.2) is 0 Å². The quantitative estimate of drug-likeness (QED) is 0.847. The Morgan fingerprint density at radius 2 is 2.00 bits per heavy atom. The van der Waals surface area contributed by atoms with Crippen molar-refractivity contribution in [3.05, 3.63) is 44.2 Å². The molecule has 2 aromatic rings. The van der Waals surface area contributed by atoms with Crippen LogP contribution >= 0.6 is 34.2 Å². The number of halogens is 2. The zero-order valence-electron chi connectivity index (χ0n) is 9.67. The summed E-state index contributed by atoms with van der Waals surface area (Å²) in [6, 6.07) is 8.25. The summed E-state index contributed by atoms with van der Waals surface area (Å²) in [6.45, 7) is 2.59. The van der Waals surface area contributed by atoms with Gasteiger partial charge in [-0.05, 0) is 53.8 Å². The van der Waals surface area contributed by atoms with Crippen molar-refractivity contribution < 1.29 is 0 Å². The predicted molar refractivity (Wildman–Crippen MR) is 79.4 cm³/mol. The van der Waals surface area contributed by atoms with Gasteiger partial charge in [-0.15, -0.1) is 0 Å². The van der Waals surface area contributed by atoms with Crippen LogP contribution in [0.4, 0.5) is 5.69 Å². The number of benzene rings is 1. The molecule has 1 N–H and O–H groups in total. The molecule has 0 unspecified atom stereocenters. The van der Waals surface area contributed by atoms with Crippen LogP contribution in [0.2, 0.25) is 5.02 Å². The molecule has 0 bridgehead atoms. The van der Waals surface area contributed by atoms with Crippen molar-refractivity contribution in [2.75, 3.05) is 5.32 Å². The Balaban J connectivity index is 2.09. The number of aryl methyl sites for hydroxylation is 2. The first-order chi connectivity index (χ1) is 8.08. The van der Waals surface area contributed by atoms with Gasteiger partial charge in [-0.25, -0.2) is 0 Å². The predicted octanol–water partition coefficient (Wildman–Crippen LogP) is 3.60. The highest BCUT2D eigenvalue weighted by Crippen LogP contribution is 2.20. The van der Waals surface area contributed by atoms with E-state index in [1.807, 2.05) is 18.7 Å². The second-order valence-corrected chi connectivity index (χ2v) is 5.45. The molecule has 0 spiro atoms. The fraction of sp³-hybridized carbons (Fsp3) is 0.250. The zero-order valence-corrected chi connectivity index (χ0v) is 12.6. The van der Waals surface area contributed by atoms with Crippen LogP contribution < -0.4 is 5.32 Å². The minimum Gasteiger partial charge on any atom is -0.379 e. The third kappa shape index (κ3) is 2.93. The van der Waals surface area contributed by atoms with Crippen molar-refractivity contribution >= 4 is 39.9 Å². The maximum absolute atomic E-state index is 6.18. The van der Waals surface area contributed by atoms with Gasteiger partial charge in [0.05, 0.1) is 23.0 Å².